The molecule has 2 aromatic rings. The topological polar surface area (TPSA) is 73.9 Å². The highest BCUT2D eigenvalue weighted by atomic mass is 28.3. The molecule has 0 aliphatic carbocycles. The maximum Gasteiger partial charge on any atom is 0.407 e. The minimum Gasteiger partial charge on any atom is -0.459 e. The SMILES string of the molecule is CC(Cc1ccc(C(COCC[Si](C)(C)C)C(=O)OC(C)(C)C)cc1)NC(=O)OCc1ccccc1. The molecule has 2 rings (SSSR count). The van der Waals surface area contributed by atoms with Gasteiger partial charge < -0.3 is 19.5 Å². The highest BCUT2D eigenvalue weighted by Gasteiger charge is 2.27. The summed E-state index contributed by atoms with van der Waals surface area (Å²) in [5.41, 5.74) is 2.30. The second kappa shape index (κ2) is 13.6. The van der Waals surface area contributed by atoms with Gasteiger partial charge in [-0.25, -0.2) is 4.79 Å². The number of hydrogen-bond donors (Lipinski definition) is 1. The predicted molar refractivity (Wildman–Crippen MR) is 147 cm³/mol. The molecule has 1 N–H and O–H groups in total. The normalized spacial score (nSPS) is 13.5. The van der Waals surface area contributed by atoms with Gasteiger partial charge in [0.05, 0.1) is 6.61 Å². The molecule has 0 heterocycles. The van der Waals surface area contributed by atoms with Crippen LogP contribution in [0.15, 0.2) is 54.6 Å². The van der Waals surface area contributed by atoms with Gasteiger partial charge in [-0.2, -0.15) is 0 Å². The number of carbonyl (C=O) groups excluding carboxylic acids is 2. The molecule has 0 aliphatic heterocycles. The Labute approximate surface area is 217 Å². The molecule has 0 saturated carbocycles. The molecule has 1 amide bonds. The number of amides is 1. The molecule has 0 aromatic heterocycles. The van der Waals surface area contributed by atoms with Gasteiger partial charge in [0.2, 0.25) is 0 Å². The molecule has 6 nitrogen and oxygen atoms in total. The predicted octanol–water partition coefficient (Wildman–Crippen LogP) is 6.32. The summed E-state index contributed by atoms with van der Waals surface area (Å²) in [6.45, 7) is 15.6. The molecule has 2 unspecified atom stereocenters. The summed E-state index contributed by atoms with van der Waals surface area (Å²) >= 11 is 0. The van der Waals surface area contributed by atoms with E-state index < -0.39 is 25.7 Å². The Morgan fingerprint density at radius 1 is 0.944 bits per heavy atom. The zero-order valence-corrected chi connectivity index (χ0v) is 23.9. The number of alkyl carbamates (subject to hydrolysis) is 1. The second-order valence-corrected chi connectivity index (χ2v) is 17.1. The monoisotopic (exact) mass is 513 g/mol. The first kappa shape index (κ1) is 29.6. The average Bonchev–Trinajstić information content (AvgIpc) is 2.77. The van der Waals surface area contributed by atoms with Crippen LogP contribution >= 0.6 is 0 Å². The summed E-state index contributed by atoms with van der Waals surface area (Å²) in [6.07, 6.45) is 0.202. The van der Waals surface area contributed by atoms with Crippen molar-refractivity contribution in [3.63, 3.8) is 0 Å². The molecule has 0 radical (unpaired) electrons. The van der Waals surface area contributed by atoms with Crippen LogP contribution in [0, 0.1) is 0 Å². The zero-order valence-electron chi connectivity index (χ0n) is 22.9. The van der Waals surface area contributed by atoms with E-state index in [1.165, 1.54) is 0 Å². The Morgan fingerprint density at radius 2 is 1.58 bits per heavy atom. The van der Waals surface area contributed by atoms with Crippen molar-refractivity contribution in [2.24, 2.45) is 0 Å². The maximum atomic E-state index is 12.9. The molecule has 7 heteroatoms. The highest BCUT2D eigenvalue weighted by Crippen LogP contribution is 2.23. The lowest BCUT2D eigenvalue weighted by Gasteiger charge is -2.25. The van der Waals surface area contributed by atoms with E-state index in [9.17, 15) is 9.59 Å². The van der Waals surface area contributed by atoms with E-state index in [0.717, 1.165) is 22.7 Å². The number of benzene rings is 2. The van der Waals surface area contributed by atoms with E-state index in [-0.39, 0.29) is 18.6 Å². The van der Waals surface area contributed by atoms with Crippen molar-refractivity contribution in [2.45, 2.75) is 84.0 Å². The number of esters is 1. The molecule has 0 spiro atoms. The quantitative estimate of drug-likeness (QED) is 0.204. The van der Waals surface area contributed by atoms with E-state index in [1.54, 1.807) is 0 Å². The van der Waals surface area contributed by atoms with Gasteiger partial charge in [0.25, 0.3) is 0 Å². The molecule has 0 aliphatic rings. The molecular formula is C29H43NO5Si. The lowest BCUT2D eigenvalue weighted by molar-refractivity contribution is -0.158. The van der Waals surface area contributed by atoms with Crippen LogP contribution in [0.3, 0.4) is 0 Å². The summed E-state index contributed by atoms with van der Waals surface area (Å²) in [4.78, 5) is 25.1. The molecule has 0 bridgehead atoms. The zero-order chi connectivity index (χ0) is 26.8. The van der Waals surface area contributed by atoms with Crippen molar-refractivity contribution in [1.29, 1.82) is 0 Å². The lowest BCUT2D eigenvalue weighted by Crippen LogP contribution is -2.34. The van der Waals surface area contributed by atoms with Gasteiger partial charge in [-0.15, -0.1) is 0 Å². The van der Waals surface area contributed by atoms with Crippen molar-refractivity contribution >= 4 is 20.1 Å². The molecule has 2 aromatic carbocycles. The smallest absolute Gasteiger partial charge is 0.407 e. The van der Waals surface area contributed by atoms with E-state index in [0.29, 0.717) is 19.6 Å². The molecule has 198 valence electrons. The van der Waals surface area contributed by atoms with Gasteiger partial charge in [0.15, 0.2) is 0 Å². The van der Waals surface area contributed by atoms with Crippen LogP contribution in [-0.2, 0) is 32.0 Å². The van der Waals surface area contributed by atoms with Crippen LogP contribution in [0.4, 0.5) is 4.79 Å². The fourth-order valence-electron chi connectivity index (χ4n) is 3.51. The lowest BCUT2D eigenvalue weighted by atomic mass is 9.97. The molecule has 0 fully saturated rings. The number of rotatable bonds is 12. The molecular weight excluding hydrogens is 470 g/mol. The fourth-order valence-corrected chi connectivity index (χ4v) is 4.27. The van der Waals surface area contributed by atoms with Crippen molar-refractivity contribution < 1.29 is 23.8 Å². The summed E-state index contributed by atoms with van der Waals surface area (Å²) in [6, 6.07) is 18.4. The minimum absolute atomic E-state index is 0.106. The molecule has 36 heavy (non-hydrogen) atoms. The number of carbonyl (C=O) groups is 2. The standard InChI is InChI=1S/C29H43NO5Si/c1-22(30-28(32)34-20-24-11-9-8-10-12-24)19-23-13-15-25(16-14-23)26(27(31)35-29(2,3)4)21-33-17-18-36(5,6)7/h8-16,22,26H,17-21H2,1-7H3,(H,30,32). The first-order chi connectivity index (χ1) is 16.8. The maximum absolute atomic E-state index is 12.9. The van der Waals surface area contributed by atoms with Crippen molar-refractivity contribution in [1.82, 2.24) is 5.32 Å². The van der Waals surface area contributed by atoms with Crippen LogP contribution in [0.25, 0.3) is 0 Å². The largest absolute Gasteiger partial charge is 0.459 e. The Bertz CT molecular complexity index is 948. The summed E-state index contributed by atoms with van der Waals surface area (Å²) in [5, 5.41) is 2.87. The Kier molecular flexibility index (Phi) is 11.2. The van der Waals surface area contributed by atoms with E-state index in [1.807, 2.05) is 82.3 Å². The van der Waals surface area contributed by atoms with E-state index in [4.69, 9.17) is 14.2 Å². The van der Waals surface area contributed by atoms with Crippen LogP contribution in [0.2, 0.25) is 25.7 Å². The van der Waals surface area contributed by atoms with Gasteiger partial charge in [-0.3, -0.25) is 4.79 Å². The summed E-state index contributed by atoms with van der Waals surface area (Å²) in [5.74, 6) is -0.761. The van der Waals surface area contributed by atoms with Crippen LogP contribution in [-0.4, -0.2) is 45.0 Å². The first-order valence-corrected chi connectivity index (χ1v) is 16.4. The second-order valence-electron chi connectivity index (χ2n) is 11.5. The van der Waals surface area contributed by atoms with Crippen LogP contribution in [0.5, 0.6) is 0 Å². The number of hydrogen-bond acceptors (Lipinski definition) is 5. The van der Waals surface area contributed by atoms with E-state index >= 15 is 0 Å². The van der Waals surface area contributed by atoms with Crippen molar-refractivity contribution in [3.05, 3.63) is 71.3 Å². The Balaban J connectivity index is 1.94. The number of ether oxygens (including phenoxy) is 3. The van der Waals surface area contributed by atoms with Gasteiger partial charge in [0.1, 0.15) is 18.1 Å². The molecule has 0 saturated heterocycles. The minimum atomic E-state index is -1.21. The van der Waals surface area contributed by atoms with E-state index in [2.05, 4.69) is 25.0 Å². The summed E-state index contributed by atoms with van der Waals surface area (Å²) < 4.78 is 16.9. The third-order valence-electron chi connectivity index (χ3n) is 5.47. The highest BCUT2D eigenvalue weighted by molar-refractivity contribution is 6.76. The van der Waals surface area contributed by atoms with Gasteiger partial charge in [0, 0.05) is 20.7 Å². The Hall–Kier alpha value is -2.64. The summed E-state index contributed by atoms with van der Waals surface area (Å²) in [7, 11) is -1.21. The Morgan fingerprint density at radius 3 is 2.17 bits per heavy atom. The van der Waals surface area contributed by atoms with Crippen LogP contribution in [0.1, 0.15) is 50.3 Å². The first-order valence-electron chi connectivity index (χ1n) is 12.7. The molecule has 2 atom stereocenters. The third-order valence-corrected chi connectivity index (χ3v) is 7.18. The van der Waals surface area contributed by atoms with Gasteiger partial charge in [-0.05, 0) is 56.9 Å². The van der Waals surface area contributed by atoms with Crippen LogP contribution < -0.4 is 5.32 Å². The van der Waals surface area contributed by atoms with Gasteiger partial charge >= 0.3 is 12.1 Å². The van der Waals surface area contributed by atoms with Crippen molar-refractivity contribution in [3.8, 4) is 0 Å². The fraction of sp³-hybridized carbons (Fsp3) is 0.517. The average molecular weight is 514 g/mol. The van der Waals surface area contributed by atoms with Gasteiger partial charge in [-0.1, -0.05) is 74.2 Å². The third kappa shape index (κ3) is 11.9. The number of nitrogens with one attached hydrogen (secondary N) is 1. The van der Waals surface area contributed by atoms with Crippen molar-refractivity contribution in [2.75, 3.05) is 13.2 Å².